The van der Waals surface area contributed by atoms with Crippen LogP contribution < -0.4 is 4.90 Å². The van der Waals surface area contributed by atoms with Gasteiger partial charge in [0.05, 0.1) is 0 Å². The summed E-state index contributed by atoms with van der Waals surface area (Å²) in [5.74, 6) is 0. The molecule has 0 aliphatic heterocycles. The summed E-state index contributed by atoms with van der Waals surface area (Å²) in [4.78, 5) is 10.4. The van der Waals surface area contributed by atoms with Crippen molar-refractivity contribution in [3.8, 4) is 11.4 Å². The van der Waals surface area contributed by atoms with E-state index in [0.717, 1.165) is 16.5 Å². The molecule has 0 amide bonds. The van der Waals surface area contributed by atoms with Crippen LogP contribution in [0.3, 0.4) is 0 Å². The summed E-state index contributed by atoms with van der Waals surface area (Å²) in [6, 6.07) is 0. The van der Waals surface area contributed by atoms with Crippen molar-refractivity contribution in [3.05, 3.63) is 18.0 Å². The van der Waals surface area contributed by atoms with Crippen molar-refractivity contribution in [2.24, 2.45) is 0 Å². The Morgan fingerprint density at radius 1 is 1.38 bits per heavy atom. The van der Waals surface area contributed by atoms with Gasteiger partial charge in [0.2, 0.25) is 0 Å². The highest BCUT2D eigenvalue weighted by atomic mass is 32.1. The lowest BCUT2D eigenvalue weighted by molar-refractivity contribution is 0.558. The Bertz CT molecular complexity index is 380. The van der Waals surface area contributed by atoms with Crippen LogP contribution in [0, 0.1) is 0 Å². The highest BCUT2D eigenvalue weighted by Crippen LogP contribution is 2.24. The highest BCUT2D eigenvalue weighted by molar-refractivity contribution is 7.14. The Morgan fingerprint density at radius 3 is 2.77 bits per heavy atom. The van der Waals surface area contributed by atoms with Crippen molar-refractivity contribution in [1.82, 2.24) is 9.97 Å². The molecule has 2 aromatic rings. The molecule has 0 unspecified atom stereocenters. The minimum absolute atomic E-state index is 0.782. The number of hydrogen-bond acceptors (Lipinski definition) is 5. The van der Waals surface area contributed by atoms with Crippen LogP contribution in [0.2, 0.25) is 0 Å². The summed E-state index contributed by atoms with van der Waals surface area (Å²) in [5.41, 5.74) is 1.65. The van der Waals surface area contributed by atoms with Crippen molar-refractivity contribution < 1.29 is 4.42 Å². The molecule has 0 saturated heterocycles. The Labute approximate surface area is 79.9 Å². The third-order valence-corrected chi connectivity index (χ3v) is 2.58. The van der Waals surface area contributed by atoms with Gasteiger partial charge in [0.25, 0.3) is 0 Å². The first-order valence-electron chi connectivity index (χ1n) is 3.79. The molecular formula is C8H9N3OS. The van der Waals surface area contributed by atoms with Gasteiger partial charge < -0.3 is 9.32 Å². The van der Waals surface area contributed by atoms with E-state index >= 15 is 0 Å². The second-order valence-electron chi connectivity index (χ2n) is 2.78. The molecule has 0 atom stereocenters. The molecule has 0 spiro atoms. The van der Waals surface area contributed by atoms with Gasteiger partial charge >= 0.3 is 0 Å². The van der Waals surface area contributed by atoms with Crippen molar-refractivity contribution in [2.45, 2.75) is 0 Å². The maximum Gasteiger partial charge on any atom is 0.185 e. The molecule has 0 aliphatic carbocycles. The standard InChI is InChI=1S/C8H9N3OS/c1-11(2)8-10-7(4-13-8)6-3-12-5-9-6/h3-5H,1-2H3. The number of nitrogens with zero attached hydrogens (tertiary/aromatic N) is 3. The lowest BCUT2D eigenvalue weighted by Gasteiger charge is -2.04. The van der Waals surface area contributed by atoms with Gasteiger partial charge in [-0.3, -0.25) is 0 Å². The second kappa shape index (κ2) is 3.18. The SMILES string of the molecule is CN(C)c1nc(-c2cocn2)cs1. The van der Waals surface area contributed by atoms with Crippen LogP contribution in [-0.4, -0.2) is 24.1 Å². The van der Waals surface area contributed by atoms with Crippen LogP contribution >= 0.6 is 11.3 Å². The summed E-state index contributed by atoms with van der Waals surface area (Å²) in [6.07, 6.45) is 3.00. The van der Waals surface area contributed by atoms with E-state index in [2.05, 4.69) is 9.97 Å². The van der Waals surface area contributed by atoms with Crippen molar-refractivity contribution >= 4 is 16.5 Å². The quantitative estimate of drug-likeness (QED) is 0.733. The first-order valence-corrected chi connectivity index (χ1v) is 4.67. The fourth-order valence-corrected chi connectivity index (χ4v) is 1.68. The molecule has 4 nitrogen and oxygen atoms in total. The van der Waals surface area contributed by atoms with Gasteiger partial charge in [-0.2, -0.15) is 0 Å². The van der Waals surface area contributed by atoms with E-state index in [4.69, 9.17) is 4.42 Å². The van der Waals surface area contributed by atoms with Gasteiger partial charge in [0.1, 0.15) is 17.7 Å². The fourth-order valence-electron chi connectivity index (χ4n) is 0.926. The summed E-state index contributed by atoms with van der Waals surface area (Å²) in [5, 5.41) is 2.94. The van der Waals surface area contributed by atoms with E-state index in [-0.39, 0.29) is 0 Å². The predicted molar refractivity (Wildman–Crippen MR) is 51.9 cm³/mol. The van der Waals surface area contributed by atoms with Gasteiger partial charge in [0.15, 0.2) is 11.5 Å². The van der Waals surface area contributed by atoms with Crippen molar-refractivity contribution in [1.29, 1.82) is 0 Å². The van der Waals surface area contributed by atoms with Crippen LogP contribution in [0.5, 0.6) is 0 Å². The maximum absolute atomic E-state index is 4.88. The minimum Gasteiger partial charge on any atom is -0.451 e. The number of oxazole rings is 1. The molecule has 0 radical (unpaired) electrons. The molecule has 0 aliphatic rings. The number of rotatable bonds is 2. The molecule has 2 heterocycles. The van der Waals surface area contributed by atoms with E-state index in [1.54, 1.807) is 17.6 Å². The zero-order valence-corrected chi connectivity index (χ0v) is 8.21. The normalized spacial score (nSPS) is 10.3. The molecule has 0 fully saturated rings. The number of hydrogen-bond donors (Lipinski definition) is 0. The molecule has 0 bridgehead atoms. The Balaban J connectivity index is 2.33. The average Bonchev–Trinajstić information content (AvgIpc) is 2.75. The van der Waals surface area contributed by atoms with Gasteiger partial charge in [-0.15, -0.1) is 11.3 Å². The highest BCUT2D eigenvalue weighted by Gasteiger charge is 2.07. The third-order valence-electron chi connectivity index (χ3n) is 1.57. The smallest absolute Gasteiger partial charge is 0.185 e. The van der Waals surface area contributed by atoms with Gasteiger partial charge in [-0.1, -0.05) is 0 Å². The molecule has 2 rings (SSSR count). The van der Waals surface area contributed by atoms with E-state index in [9.17, 15) is 0 Å². The second-order valence-corrected chi connectivity index (χ2v) is 3.62. The molecule has 2 aromatic heterocycles. The molecule has 0 aromatic carbocycles. The van der Waals surface area contributed by atoms with Crippen LogP contribution in [0.25, 0.3) is 11.4 Å². The fraction of sp³-hybridized carbons (Fsp3) is 0.250. The third kappa shape index (κ3) is 1.55. The first kappa shape index (κ1) is 8.25. The van der Waals surface area contributed by atoms with Crippen LogP contribution in [-0.2, 0) is 0 Å². The maximum atomic E-state index is 4.88. The van der Waals surface area contributed by atoms with E-state index < -0.39 is 0 Å². The molecule has 0 N–H and O–H groups in total. The Kier molecular flexibility index (Phi) is 2.02. The van der Waals surface area contributed by atoms with E-state index in [1.807, 2.05) is 24.4 Å². The summed E-state index contributed by atoms with van der Waals surface area (Å²) in [7, 11) is 3.93. The van der Waals surface area contributed by atoms with Gasteiger partial charge in [-0.25, -0.2) is 9.97 Å². The lowest BCUT2D eigenvalue weighted by atomic mass is 10.4. The van der Waals surface area contributed by atoms with Gasteiger partial charge in [-0.05, 0) is 0 Å². The Hall–Kier alpha value is -1.36. The topological polar surface area (TPSA) is 42.2 Å². The predicted octanol–water partition coefficient (Wildman–Crippen LogP) is 1.86. The van der Waals surface area contributed by atoms with Crippen molar-refractivity contribution in [3.63, 3.8) is 0 Å². The first-order chi connectivity index (χ1) is 6.27. The lowest BCUT2D eigenvalue weighted by Crippen LogP contribution is -2.07. The van der Waals surface area contributed by atoms with E-state index in [0.29, 0.717) is 0 Å². The summed E-state index contributed by atoms with van der Waals surface area (Å²) >= 11 is 1.59. The summed E-state index contributed by atoms with van der Waals surface area (Å²) < 4.78 is 4.88. The van der Waals surface area contributed by atoms with Crippen LogP contribution in [0.15, 0.2) is 22.5 Å². The van der Waals surface area contributed by atoms with Crippen molar-refractivity contribution in [2.75, 3.05) is 19.0 Å². The largest absolute Gasteiger partial charge is 0.451 e. The molecule has 13 heavy (non-hydrogen) atoms. The zero-order chi connectivity index (χ0) is 9.26. The summed E-state index contributed by atoms with van der Waals surface area (Å²) in [6.45, 7) is 0. The van der Waals surface area contributed by atoms with Crippen LogP contribution in [0.1, 0.15) is 0 Å². The van der Waals surface area contributed by atoms with Crippen LogP contribution in [0.4, 0.5) is 5.13 Å². The monoisotopic (exact) mass is 195 g/mol. The molecule has 5 heteroatoms. The zero-order valence-electron chi connectivity index (χ0n) is 7.39. The minimum atomic E-state index is 0.782. The molecule has 68 valence electrons. The molecular weight excluding hydrogens is 186 g/mol. The Morgan fingerprint density at radius 2 is 2.23 bits per heavy atom. The number of anilines is 1. The van der Waals surface area contributed by atoms with Gasteiger partial charge in [0, 0.05) is 19.5 Å². The average molecular weight is 195 g/mol. The molecule has 0 saturated carbocycles. The number of aromatic nitrogens is 2. The van der Waals surface area contributed by atoms with E-state index in [1.165, 1.54) is 6.39 Å². The number of thiazole rings is 1.